The molecular weight excluding hydrogens is 233 g/mol. The van der Waals surface area contributed by atoms with Crippen molar-refractivity contribution in [3.05, 3.63) is 54.2 Å². The van der Waals surface area contributed by atoms with Gasteiger partial charge in [-0.2, -0.15) is 0 Å². The molecule has 0 saturated carbocycles. The normalized spacial score (nSPS) is 11.9. The van der Waals surface area contributed by atoms with Crippen molar-refractivity contribution in [1.82, 2.24) is 9.97 Å². The zero-order valence-electron chi connectivity index (χ0n) is 9.80. The Morgan fingerprint density at radius 3 is 2.89 bits per heavy atom. The molecule has 1 aromatic heterocycles. The molecule has 92 valence electrons. The Hall–Kier alpha value is -2.30. The van der Waals surface area contributed by atoms with Crippen LogP contribution in [0.1, 0.15) is 18.4 Å². The van der Waals surface area contributed by atoms with Crippen molar-refractivity contribution in [3.8, 4) is 0 Å². The summed E-state index contributed by atoms with van der Waals surface area (Å²) in [6.45, 7) is 1.71. The van der Waals surface area contributed by atoms with Gasteiger partial charge < -0.3 is 5.32 Å². The van der Waals surface area contributed by atoms with E-state index in [9.17, 15) is 9.18 Å². The van der Waals surface area contributed by atoms with Gasteiger partial charge in [0.2, 0.25) is 5.91 Å². The third-order valence-corrected chi connectivity index (χ3v) is 2.56. The average Bonchev–Trinajstić information content (AvgIpc) is 2.39. The van der Waals surface area contributed by atoms with Crippen molar-refractivity contribution in [2.45, 2.75) is 12.8 Å². The monoisotopic (exact) mass is 245 g/mol. The summed E-state index contributed by atoms with van der Waals surface area (Å²) in [5, 5.41) is 2.62. The molecule has 1 heterocycles. The average molecular weight is 245 g/mol. The zero-order chi connectivity index (χ0) is 13.0. The fraction of sp³-hybridized carbons (Fsp3) is 0.154. The first-order chi connectivity index (χ1) is 8.66. The summed E-state index contributed by atoms with van der Waals surface area (Å²) < 4.78 is 13.1. The van der Waals surface area contributed by atoms with Crippen molar-refractivity contribution in [3.63, 3.8) is 0 Å². The molecule has 1 unspecified atom stereocenters. The fourth-order valence-corrected chi connectivity index (χ4v) is 1.53. The maximum absolute atomic E-state index is 13.1. The highest BCUT2D eigenvalue weighted by molar-refractivity contribution is 5.94. The Balaban J connectivity index is 2.10. The van der Waals surface area contributed by atoms with E-state index in [0.29, 0.717) is 11.4 Å². The Morgan fingerprint density at radius 2 is 2.22 bits per heavy atom. The predicted molar refractivity (Wildman–Crippen MR) is 65.5 cm³/mol. The number of nitrogens with one attached hydrogen (secondary N) is 1. The van der Waals surface area contributed by atoms with Crippen LogP contribution in [0.15, 0.2) is 42.9 Å². The molecule has 1 N–H and O–H groups in total. The lowest BCUT2D eigenvalue weighted by Gasteiger charge is -2.11. The van der Waals surface area contributed by atoms with E-state index in [1.54, 1.807) is 19.1 Å². The number of amides is 1. The standard InChI is InChI=1S/C13H12FN3O/c1-9(10-3-2-4-11(14)7-10)13(18)17-12-8-15-5-6-16-12/h2-9H,1H3,(H,16,17,18). The second-order valence-corrected chi connectivity index (χ2v) is 3.86. The van der Waals surface area contributed by atoms with E-state index in [1.807, 2.05) is 0 Å². The van der Waals surface area contributed by atoms with Gasteiger partial charge >= 0.3 is 0 Å². The van der Waals surface area contributed by atoms with E-state index < -0.39 is 5.92 Å². The van der Waals surface area contributed by atoms with E-state index in [1.165, 1.54) is 30.7 Å². The van der Waals surface area contributed by atoms with Crippen molar-refractivity contribution in [1.29, 1.82) is 0 Å². The minimum atomic E-state index is -0.456. The Kier molecular flexibility index (Phi) is 3.62. The first-order valence-electron chi connectivity index (χ1n) is 5.49. The smallest absolute Gasteiger partial charge is 0.232 e. The minimum Gasteiger partial charge on any atom is -0.309 e. The van der Waals surface area contributed by atoms with Gasteiger partial charge in [0.05, 0.1) is 12.1 Å². The van der Waals surface area contributed by atoms with E-state index in [0.717, 1.165) is 0 Å². The van der Waals surface area contributed by atoms with Crippen LogP contribution >= 0.6 is 0 Å². The molecule has 4 nitrogen and oxygen atoms in total. The molecule has 0 bridgehead atoms. The van der Waals surface area contributed by atoms with Gasteiger partial charge in [-0.1, -0.05) is 12.1 Å². The highest BCUT2D eigenvalue weighted by Gasteiger charge is 2.16. The van der Waals surface area contributed by atoms with Gasteiger partial charge in [0.15, 0.2) is 5.82 Å². The first kappa shape index (κ1) is 12.2. The van der Waals surface area contributed by atoms with E-state index in [2.05, 4.69) is 15.3 Å². The number of halogens is 1. The van der Waals surface area contributed by atoms with Crippen LogP contribution in [0.25, 0.3) is 0 Å². The molecule has 0 aliphatic heterocycles. The molecule has 0 spiro atoms. The van der Waals surface area contributed by atoms with Gasteiger partial charge in [0.25, 0.3) is 0 Å². The lowest BCUT2D eigenvalue weighted by molar-refractivity contribution is -0.117. The van der Waals surface area contributed by atoms with Gasteiger partial charge in [0.1, 0.15) is 5.82 Å². The number of carbonyl (C=O) groups is 1. The van der Waals surface area contributed by atoms with Gasteiger partial charge in [-0.3, -0.25) is 9.78 Å². The lowest BCUT2D eigenvalue weighted by Crippen LogP contribution is -2.19. The number of carbonyl (C=O) groups excluding carboxylic acids is 1. The molecule has 0 radical (unpaired) electrons. The number of rotatable bonds is 3. The second-order valence-electron chi connectivity index (χ2n) is 3.86. The Labute approximate surface area is 104 Å². The molecule has 2 rings (SSSR count). The Bertz CT molecular complexity index is 545. The number of hydrogen-bond acceptors (Lipinski definition) is 3. The molecule has 2 aromatic rings. The molecule has 1 amide bonds. The molecule has 0 aliphatic carbocycles. The van der Waals surface area contributed by atoms with Crippen LogP contribution in [0.4, 0.5) is 10.2 Å². The van der Waals surface area contributed by atoms with Crippen LogP contribution in [-0.4, -0.2) is 15.9 Å². The summed E-state index contributed by atoms with van der Waals surface area (Å²) in [5.74, 6) is -0.679. The van der Waals surface area contributed by atoms with Crippen molar-refractivity contribution in [2.75, 3.05) is 5.32 Å². The molecule has 18 heavy (non-hydrogen) atoms. The molecular formula is C13H12FN3O. The quantitative estimate of drug-likeness (QED) is 0.903. The number of benzene rings is 1. The summed E-state index contributed by atoms with van der Waals surface area (Å²) in [7, 11) is 0. The van der Waals surface area contributed by atoms with Gasteiger partial charge in [-0.15, -0.1) is 0 Å². The highest BCUT2D eigenvalue weighted by atomic mass is 19.1. The molecule has 0 saturated heterocycles. The summed E-state index contributed by atoms with van der Waals surface area (Å²) in [6, 6.07) is 5.98. The van der Waals surface area contributed by atoms with Crippen LogP contribution in [-0.2, 0) is 4.79 Å². The van der Waals surface area contributed by atoms with Gasteiger partial charge in [-0.25, -0.2) is 9.37 Å². The number of anilines is 1. The maximum Gasteiger partial charge on any atom is 0.232 e. The highest BCUT2D eigenvalue weighted by Crippen LogP contribution is 2.17. The molecule has 5 heteroatoms. The first-order valence-corrected chi connectivity index (χ1v) is 5.49. The fourth-order valence-electron chi connectivity index (χ4n) is 1.53. The second kappa shape index (κ2) is 5.35. The molecule has 1 atom stereocenters. The Morgan fingerprint density at radius 1 is 1.39 bits per heavy atom. The minimum absolute atomic E-state index is 0.249. The summed E-state index contributed by atoms with van der Waals surface area (Å²) >= 11 is 0. The topological polar surface area (TPSA) is 54.9 Å². The molecule has 0 fully saturated rings. The SMILES string of the molecule is CC(C(=O)Nc1cnccn1)c1cccc(F)c1. The zero-order valence-corrected chi connectivity index (χ0v) is 9.80. The van der Waals surface area contributed by atoms with E-state index in [-0.39, 0.29) is 11.7 Å². The third-order valence-electron chi connectivity index (χ3n) is 2.56. The van der Waals surface area contributed by atoms with Gasteiger partial charge in [-0.05, 0) is 24.6 Å². The van der Waals surface area contributed by atoms with Gasteiger partial charge in [0, 0.05) is 12.4 Å². The van der Waals surface area contributed by atoms with Crippen molar-refractivity contribution in [2.24, 2.45) is 0 Å². The molecule has 1 aromatic carbocycles. The van der Waals surface area contributed by atoms with E-state index >= 15 is 0 Å². The summed E-state index contributed by atoms with van der Waals surface area (Å²) in [4.78, 5) is 19.7. The lowest BCUT2D eigenvalue weighted by atomic mass is 10.0. The van der Waals surface area contributed by atoms with Crippen molar-refractivity contribution < 1.29 is 9.18 Å². The third kappa shape index (κ3) is 2.88. The largest absolute Gasteiger partial charge is 0.309 e. The van der Waals surface area contributed by atoms with Crippen LogP contribution in [0.3, 0.4) is 0 Å². The number of nitrogens with zero attached hydrogens (tertiary/aromatic N) is 2. The summed E-state index contributed by atoms with van der Waals surface area (Å²) in [5.41, 5.74) is 0.622. The van der Waals surface area contributed by atoms with Crippen LogP contribution in [0, 0.1) is 5.82 Å². The molecule has 0 aliphatic rings. The van der Waals surface area contributed by atoms with Crippen LogP contribution < -0.4 is 5.32 Å². The summed E-state index contributed by atoms with van der Waals surface area (Å²) in [6.07, 6.45) is 4.46. The number of hydrogen-bond donors (Lipinski definition) is 1. The van der Waals surface area contributed by atoms with Crippen LogP contribution in [0.2, 0.25) is 0 Å². The van der Waals surface area contributed by atoms with Crippen LogP contribution in [0.5, 0.6) is 0 Å². The van der Waals surface area contributed by atoms with Crippen molar-refractivity contribution >= 4 is 11.7 Å². The van der Waals surface area contributed by atoms with E-state index in [4.69, 9.17) is 0 Å². The predicted octanol–water partition coefficient (Wildman–Crippen LogP) is 2.36. The number of aromatic nitrogens is 2. The maximum atomic E-state index is 13.1.